The molecule has 2 rings (SSSR count). The average molecular weight is 324 g/mol. The number of nitrogens with zero attached hydrogens (tertiary/aromatic N) is 4. The molecule has 1 aromatic heterocycles. The van der Waals surface area contributed by atoms with Gasteiger partial charge in [-0.25, -0.2) is 4.68 Å². The second-order valence-corrected chi connectivity index (χ2v) is 6.04. The fourth-order valence-electron chi connectivity index (χ4n) is 2.46. The van der Waals surface area contributed by atoms with Gasteiger partial charge < -0.3 is 19.3 Å². The quantitative estimate of drug-likeness (QED) is 0.787. The molecule has 1 aromatic rings. The van der Waals surface area contributed by atoms with Crippen LogP contribution in [0.1, 0.15) is 24.3 Å². The lowest BCUT2D eigenvalue weighted by molar-refractivity contribution is -0.130. The molecule has 1 aliphatic rings. The molecule has 2 atom stereocenters. The molecule has 1 fully saturated rings. The first-order valence-electron chi connectivity index (χ1n) is 7.59. The summed E-state index contributed by atoms with van der Waals surface area (Å²) in [6.07, 6.45) is -0.000286. The minimum Gasteiger partial charge on any atom is -0.468 e. The minimum atomic E-state index is -0.157. The van der Waals surface area contributed by atoms with Crippen molar-refractivity contribution in [3.8, 4) is 5.88 Å². The summed E-state index contributed by atoms with van der Waals surface area (Å²) in [7, 11) is 4.99. The molecular formula is C15H24N4O4. The summed E-state index contributed by atoms with van der Waals surface area (Å²) < 4.78 is 12.5. The van der Waals surface area contributed by atoms with Gasteiger partial charge in [0.2, 0.25) is 5.88 Å². The number of hydrogen-bond acceptors (Lipinski definition) is 5. The number of carbonyl (C=O) groups is 2. The molecule has 0 bridgehead atoms. The van der Waals surface area contributed by atoms with Gasteiger partial charge in [0.25, 0.3) is 11.8 Å². The SMILES string of the molecule is C[C@@H]1CN(C(=O)c2cc(OCC(=O)N(C)C)n(C)n2)C[C@H](C)O1. The number of carbonyl (C=O) groups excluding carboxylic acids is 2. The van der Waals surface area contributed by atoms with Gasteiger partial charge in [-0.2, -0.15) is 5.10 Å². The van der Waals surface area contributed by atoms with Crippen molar-refractivity contribution in [3.05, 3.63) is 11.8 Å². The van der Waals surface area contributed by atoms with Gasteiger partial charge in [0.1, 0.15) is 0 Å². The van der Waals surface area contributed by atoms with Gasteiger partial charge >= 0.3 is 0 Å². The van der Waals surface area contributed by atoms with Crippen molar-refractivity contribution in [2.24, 2.45) is 7.05 Å². The highest BCUT2D eigenvalue weighted by molar-refractivity contribution is 5.92. The van der Waals surface area contributed by atoms with Gasteiger partial charge in [-0.05, 0) is 13.8 Å². The number of rotatable bonds is 4. The number of morpholine rings is 1. The van der Waals surface area contributed by atoms with Gasteiger partial charge in [-0.1, -0.05) is 0 Å². The molecule has 0 aliphatic carbocycles. The van der Waals surface area contributed by atoms with Crippen LogP contribution in [0, 0.1) is 0 Å². The predicted molar refractivity (Wildman–Crippen MR) is 83.3 cm³/mol. The van der Waals surface area contributed by atoms with E-state index < -0.39 is 0 Å². The lowest BCUT2D eigenvalue weighted by Gasteiger charge is -2.34. The topological polar surface area (TPSA) is 76.9 Å². The first kappa shape index (κ1) is 17.3. The zero-order chi connectivity index (χ0) is 17.1. The van der Waals surface area contributed by atoms with E-state index in [4.69, 9.17) is 9.47 Å². The molecule has 0 unspecified atom stereocenters. The molecule has 23 heavy (non-hydrogen) atoms. The van der Waals surface area contributed by atoms with Crippen LogP contribution in [0.2, 0.25) is 0 Å². The normalized spacial score (nSPS) is 21.2. The third kappa shape index (κ3) is 4.22. The zero-order valence-corrected chi connectivity index (χ0v) is 14.3. The maximum Gasteiger partial charge on any atom is 0.274 e. The Morgan fingerprint density at radius 1 is 1.35 bits per heavy atom. The Kier molecular flexibility index (Phi) is 5.25. The molecule has 1 aliphatic heterocycles. The lowest BCUT2D eigenvalue weighted by Crippen LogP contribution is -2.48. The molecule has 2 heterocycles. The average Bonchev–Trinajstić information content (AvgIpc) is 2.83. The van der Waals surface area contributed by atoms with Gasteiger partial charge in [-0.15, -0.1) is 0 Å². The number of hydrogen-bond donors (Lipinski definition) is 0. The number of aryl methyl sites for hydroxylation is 1. The number of ether oxygens (including phenoxy) is 2. The molecule has 0 radical (unpaired) electrons. The summed E-state index contributed by atoms with van der Waals surface area (Å²) in [5.74, 6) is 0.0733. The predicted octanol–water partition coefficient (Wildman–Crippen LogP) is 0.137. The van der Waals surface area contributed by atoms with Crippen molar-refractivity contribution in [2.45, 2.75) is 26.1 Å². The number of likely N-dealkylation sites (N-methyl/N-ethyl adjacent to an activating group) is 1. The molecule has 0 N–H and O–H groups in total. The van der Waals surface area contributed by atoms with Crippen molar-refractivity contribution in [1.29, 1.82) is 0 Å². The molecule has 8 nitrogen and oxygen atoms in total. The van der Waals surface area contributed by atoms with E-state index in [1.54, 1.807) is 32.1 Å². The smallest absolute Gasteiger partial charge is 0.274 e. The number of amides is 2. The highest BCUT2D eigenvalue weighted by atomic mass is 16.5. The Hall–Kier alpha value is -2.09. The maximum atomic E-state index is 12.6. The van der Waals surface area contributed by atoms with Gasteiger partial charge in [0.05, 0.1) is 12.2 Å². The van der Waals surface area contributed by atoms with Gasteiger partial charge in [0.15, 0.2) is 12.3 Å². The summed E-state index contributed by atoms with van der Waals surface area (Å²) in [5.41, 5.74) is 0.307. The van der Waals surface area contributed by atoms with Crippen molar-refractivity contribution >= 4 is 11.8 Å². The maximum absolute atomic E-state index is 12.6. The Morgan fingerprint density at radius 2 is 1.96 bits per heavy atom. The third-order valence-electron chi connectivity index (χ3n) is 3.61. The van der Waals surface area contributed by atoms with Crippen molar-refractivity contribution in [1.82, 2.24) is 19.6 Å². The highest BCUT2D eigenvalue weighted by Crippen LogP contribution is 2.17. The third-order valence-corrected chi connectivity index (χ3v) is 3.61. The molecule has 0 aromatic carbocycles. The van der Waals surface area contributed by atoms with Gasteiger partial charge in [-0.3, -0.25) is 9.59 Å². The number of aromatic nitrogens is 2. The van der Waals surface area contributed by atoms with Crippen LogP contribution in [0.15, 0.2) is 6.07 Å². The Bertz CT molecular complexity index is 574. The summed E-state index contributed by atoms with van der Waals surface area (Å²) in [4.78, 5) is 27.3. The second kappa shape index (κ2) is 6.99. The van der Waals surface area contributed by atoms with E-state index in [9.17, 15) is 9.59 Å². The van der Waals surface area contributed by atoms with E-state index in [2.05, 4.69) is 5.10 Å². The van der Waals surface area contributed by atoms with E-state index >= 15 is 0 Å². The van der Waals surface area contributed by atoms with Crippen LogP contribution in [0.3, 0.4) is 0 Å². The molecule has 8 heteroatoms. The monoisotopic (exact) mass is 324 g/mol. The van der Waals surface area contributed by atoms with Gasteiger partial charge in [0, 0.05) is 40.3 Å². The summed E-state index contributed by atoms with van der Waals surface area (Å²) >= 11 is 0. The molecule has 0 spiro atoms. The molecule has 0 saturated carbocycles. The first-order valence-corrected chi connectivity index (χ1v) is 7.59. The summed E-state index contributed by atoms with van der Waals surface area (Å²) in [6, 6.07) is 1.57. The van der Waals surface area contributed by atoms with Crippen LogP contribution in [0.4, 0.5) is 0 Å². The molecular weight excluding hydrogens is 300 g/mol. The van der Waals surface area contributed by atoms with E-state index in [0.29, 0.717) is 24.7 Å². The fourth-order valence-corrected chi connectivity index (χ4v) is 2.46. The van der Waals surface area contributed by atoms with E-state index in [1.807, 2.05) is 13.8 Å². The second-order valence-electron chi connectivity index (χ2n) is 6.04. The lowest BCUT2D eigenvalue weighted by atomic mass is 10.2. The fraction of sp³-hybridized carbons (Fsp3) is 0.667. The van der Waals surface area contributed by atoms with Crippen LogP contribution < -0.4 is 4.74 Å². The van der Waals surface area contributed by atoms with Crippen LogP contribution >= 0.6 is 0 Å². The van der Waals surface area contributed by atoms with E-state index in [1.165, 1.54) is 9.58 Å². The summed E-state index contributed by atoms with van der Waals surface area (Å²) in [6.45, 7) is 4.86. The van der Waals surface area contributed by atoms with Crippen molar-refractivity contribution in [3.63, 3.8) is 0 Å². The van der Waals surface area contributed by atoms with Crippen molar-refractivity contribution in [2.75, 3.05) is 33.8 Å². The van der Waals surface area contributed by atoms with Crippen LogP contribution in [0.25, 0.3) is 0 Å². The van der Waals surface area contributed by atoms with Crippen molar-refractivity contribution < 1.29 is 19.1 Å². The standard InChI is InChI=1S/C15H24N4O4/c1-10-7-19(8-11(2)23-10)15(21)12-6-14(18(5)16-12)22-9-13(20)17(3)4/h6,10-11H,7-9H2,1-5H3/t10-,11+. The van der Waals surface area contributed by atoms with E-state index in [0.717, 1.165) is 0 Å². The highest BCUT2D eigenvalue weighted by Gasteiger charge is 2.28. The van der Waals surface area contributed by atoms with Crippen LogP contribution in [-0.4, -0.2) is 77.4 Å². The first-order chi connectivity index (χ1) is 10.8. The molecule has 128 valence electrons. The van der Waals surface area contributed by atoms with E-state index in [-0.39, 0.29) is 30.6 Å². The Morgan fingerprint density at radius 3 is 2.52 bits per heavy atom. The largest absolute Gasteiger partial charge is 0.468 e. The molecule has 1 saturated heterocycles. The summed E-state index contributed by atoms with van der Waals surface area (Å²) in [5, 5.41) is 4.19. The zero-order valence-electron chi connectivity index (χ0n) is 14.3. The Labute approximate surface area is 135 Å². The van der Waals surface area contributed by atoms with Crippen LogP contribution in [0.5, 0.6) is 5.88 Å². The molecule has 2 amide bonds. The Balaban J connectivity index is 2.04. The minimum absolute atomic E-state index is 0.000143. The van der Waals surface area contributed by atoms with Crippen LogP contribution in [-0.2, 0) is 16.6 Å².